The monoisotopic (exact) mass is 316 g/mol. The lowest BCUT2D eigenvalue weighted by atomic mass is 10.2. The average Bonchev–Trinajstić information content (AvgIpc) is 3.19. The smallest absolute Gasteiger partial charge is 0.337 e. The number of hydrogen-bond donors (Lipinski definition) is 1. The van der Waals surface area contributed by atoms with Gasteiger partial charge in [-0.2, -0.15) is 0 Å². The van der Waals surface area contributed by atoms with Gasteiger partial charge in [0.25, 0.3) is 0 Å². The third-order valence-electron chi connectivity index (χ3n) is 4.44. The van der Waals surface area contributed by atoms with Crippen LogP contribution in [0.4, 0.5) is 5.69 Å². The van der Waals surface area contributed by atoms with Gasteiger partial charge in [0.1, 0.15) is 0 Å². The zero-order valence-electron chi connectivity index (χ0n) is 13.1. The summed E-state index contributed by atoms with van der Waals surface area (Å²) < 4.78 is 4.63. The van der Waals surface area contributed by atoms with Gasteiger partial charge < -0.3 is 15.0 Å². The molecule has 0 bridgehead atoms. The fourth-order valence-corrected chi connectivity index (χ4v) is 2.97. The van der Waals surface area contributed by atoms with Crippen molar-refractivity contribution in [1.82, 2.24) is 4.90 Å². The highest BCUT2D eigenvalue weighted by atomic mass is 16.5. The number of rotatable bonds is 4. The van der Waals surface area contributed by atoms with E-state index in [1.165, 1.54) is 7.11 Å². The van der Waals surface area contributed by atoms with E-state index in [1.807, 2.05) is 4.90 Å². The van der Waals surface area contributed by atoms with E-state index in [9.17, 15) is 14.4 Å². The van der Waals surface area contributed by atoms with E-state index >= 15 is 0 Å². The van der Waals surface area contributed by atoms with E-state index in [1.54, 1.807) is 24.3 Å². The van der Waals surface area contributed by atoms with Crippen LogP contribution in [0.5, 0.6) is 0 Å². The molecule has 1 saturated heterocycles. The molecule has 122 valence electrons. The lowest BCUT2D eigenvalue weighted by Crippen LogP contribution is -2.30. The average molecular weight is 316 g/mol. The predicted molar refractivity (Wildman–Crippen MR) is 83.8 cm³/mol. The number of nitrogens with one attached hydrogen (secondary N) is 1. The lowest BCUT2D eigenvalue weighted by molar-refractivity contribution is -0.133. The molecule has 2 aliphatic rings. The van der Waals surface area contributed by atoms with Gasteiger partial charge in [-0.1, -0.05) is 0 Å². The van der Waals surface area contributed by atoms with Crippen LogP contribution in [0.2, 0.25) is 0 Å². The number of esters is 1. The molecule has 3 rings (SSSR count). The normalized spacial score (nSPS) is 22.6. The maximum absolute atomic E-state index is 12.2. The van der Waals surface area contributed by atoms with Crippen LogP contribution in [-0.4, -0.2) is 42.9 Å². The Morgan fingerprint density at radius 1 is 1.09 bits per heavy atom. The second-order valence-electron chi connectivity index (χ2n) is 6.04. The van der Waals surface area contributed by atoms with Gasteiger partial charge in [-0.25, -0.2) is 4.79 Å². The molecule has 1 aliphatic heterocycles. The fourth-order valence-electron chi connectivity index (χ4n) is 2.97. The Kier molecular flexibility index (Phi) is 4.32. The van der Waals surface area contributed by atoms with Gasteiger partial charge in [0.2, 0.25) is 11.8 Å². The van der Waals surface area contributed by atoms with Gasteiger partial charge in [0, 0.05) is 18.8 Å². The van der Waals surface area contributed by atoms with Crippen molar-refractivity contribution in [2.45, 2.75) is 19.3 Å². The van der Waals surface area contributed by atoms with Crippen molar-refractivity contribution in [1.29, 1.82) is 0 Å². The van der Waals surface area contributed by atoms with E-state index in [0.29, 0.717) is 17.7 Å². The van der Waals surface area contributed by atoms with Gasteiger partial charge >= 0.3 is 5.97 Å². The van der Waals surface area contributed by atoms with Gasteiger partial charge in [-0.15, -0.1) is 0 Å². The molecule has 2 unspecified atom stereocenters. The number of carbonyl (C=O) groups excluding carboxylic acids is 3. The standard InChI is InChI=1S/C17H20N2O4/c1-23-17(22)11-4-6-12(7-5-11)18-15(20)13-10-14(13)16(21)19-8-2-3-9-19/h4-7,13-14H,2-3,8-10H2,1H3,(H,18,20). The summed E-state index contributed by atoms with van der Waals surface area (Å²) in [6, 6.07) is 6.51. The lowest BCUT2D eigenvalue weighted by Gasteiger charge is -2.14. The van der Waals surface area contributed by atoms with Crippen molar-refractivity contribution in [3.8, 4) is 0 Å². The molecule has 6 nitrogen and oxygen atoms in total. The summed E-state index contributed by atoms with van der Waals surface area (Å²) in [4.78, 5) is 37.6. The zero-order chi connectivity index (χ0) is 16.4. The second-order valence-corrected chi connectivity index (χ2v) is 6.04. The van der Waals surface area contributed by atoms with E-state index in [4.69, 9.17) is 0 Å². The van der Waals surface area contributed by atoms with Crippen LogP contribution < -0.4 is 5.32 Å². The van der Waals surface area contributed by atoms with Crippen molar-refractivity contribution >= 4 is 23.5 Å². The maximum Gasteiger partial charge on any atom is 0.337 e. The molecule has 1 N–H and O–H groups in total. The van der Waals surface area contributed by atoms with Gasteiger partial charge in [-0.3, -0.25) is 9.59 Å². The number of ether oxygens (including phenoxy) is 1. The summed E-state index contributed by atoms with van der Waals surface area (Å²) in [5.74, 6) is -0.829. The summed E-state index contributed by atoms with van der Waals surface area (Å²) in [5, 5.41) is 2.80. The molecule has 2 amide bonds. The summed E-state index contributed by atoms with van der Waals surface area (Å²) >= 11 is 0. The molecular formula is C17H20N2O4. The number of benzene rings is 1. The van der Waals surface area contributed by atoms with Crippen molar-refractivity contribution in [2.24, 2.45) is 11.8 Å². The van der Waals surface area contributed by atoms with Crippen molar-refractivity contribution in [3.05, 3.63) is 29.8 Å². The molecule has 1 saturated carbocycles. The first-order chi connectivity index (χ1) is 11.1. The summed E-state index contributed by atoms with van der Waals surface area (Å²) in [5.41, 5.74) is 1.04. The molecule has 1 aliphatic carbocycles. The third-order valence-corrected chi connectivity index (χ3v) is 4.44. The molecular weight excluding hydrogens is 296 g/mol. The second kappa shape index (κ2) is 6.40. The molecule has 0 aromatic heterocycles. The van der Waals surface area contributed by atoms with Crippen LogP contribution in [0.15, 0.2) is 24.3 Å². The topological polar surface area (TPSA) is 75.7 Å². The summed E-state index contributed by atoms with van der Waals surface area (Å²) in [6.45, 7) is 1.64. The maximum atomic E-state index is 12.2. The third kappa shape index (κ3) is 3.36. The molecule has 1 heterocycles. The highest BCUT2D eigenvalue weighted by molar-refractivity contribution is 6.00. The molecule has 23 heavy (non-hydrogen) atoms. The Morgan fingerprint density at radius 2 is 1.74 bits per heavy atom. The largest absolute Gasteiger partial charge is 0.465 e. The minimum Gasteiger partial charge on any atom is -0.465 e. The Hall–Kier alpha value is -2.37. The van der Waals surface area contributed by atoms with E-state index in [2.05, 4.69) is 10.1 Å². The number of amides is 2. The van der Waals surface area contributed by atoms with Crippen molar-refractivity contribution in [3.63, 3.8) is 0 Å². The number of methoxy groups -OCH3 is 1. The Bertz CT molecular complexity index is 620. The van der Waals surface area contributed by atoms with Gasteiger partial charge in [0.05, 0.1) is 24.5 Å². The number of anilines is 1. The van der Waals surface area contributed by atoms with Gasteiger partial charge in [0.15, 0.2) is 0 Å². The van der Waals surface area contributed by atoms with Crippen LogP contribution in [0, 0.1) is 11.8 Å². The number of hydrogen-bond acceptors (Lipinski definition) is 4. The quantitative estimate of drug-likeness (QED) is 0.857. The number of carbonyl (C=O) groups is 3. The molecule has 2 atom stereocenters. The summed E-state index contributed by atoms with van der Waals surface area (Å²) in [6.07, 6.45) is 2.74. The van der Waals surface area contributed by atoms with E-state index in [-0.39, 0.29) is 23.7 Å². The number of likely N-dealkylation sites (tertiary alicyclic amines) is 1. The first-order valence-corrected chi connectivity index (χ1v) is 7.88. The zero-order valence-corrected chi connectivity index (χ0v) is 13.1. The Balaban J connectivity index is 1.54. The van der Waals surface area contributed by atoms with Crippen LogP contribution in [-0.2, 0) is 14.3 Å². The first-order valence-electron chi connectivity index (χ1n) is 7.88. The fraction of sp³-hybridized carbons (Fsp3) is 0.471. The predicted octanol–water partition coefficient (Wildman–Crippen LogP) is 1.67. The Morgan fingerprint density at radius 3 is 2.35 bits per heavy atom. The first kappa shape index (κ1) is 15.5. The van der Waals surface area contributed by atoms with E-state index < -0.39 is 5.97 Å². The summed E-state index contributed by atoms with van der Waals surface area (Å²) in [7, 11) is 1.32. The highest BCUT2D eigenvalue weighted by Gasteiger charge is 2.49. The molecule has 0 radical (unpaired) electrons. The molecule has 1 aromatic carbocycles. The van der Waals surface area contributed by atoms with Crippen LogP contribution >= 0.6 is 0 Å². The van der Waals surface area contributed by atoms with Crippen LogP contribution in [0.25, 0.3) is 0 Å². The number of nitrogens with zero attached hydrogens (tertiary/aromatic N) is 1. The van der Waals surface area contributed by atoms with Crippen LogP contribution in [0.1, 0.15) is 29.6 Å². The van der Waals surface area contributed by atoms with E-state index in [0.717, 1.165) is 25.9 Å². The molecule has 0 spiro atoms. The van der Waals surface area contributed by atoms with Gasteiger partial charge in [-0.05, 0) is 43.5 Å². The molecule has 1 aromatic rings. The minimum absolute atomic E-state index is 0.115. The van der Waals surface area contributed by atoms with Crippen molar-refractivity contribution in [2.75, 3.05) is 25.5 Å². The molecule has 6 heteroatoms. The van der Waals surface area contributed by atoms with Crippen molar-refractivity contribution < 1.29 is 19.1 Å². The Labute approximate surface area is 134 Å². The molecule has 2 fully saturated rings. The minimum atomic E-state index is -0.415. The SMILES string of the molecule is COC(=O)c1ccc(NC(=O)C2CC2C(=O)N2CCCC2)cc1. The van der Waals surface area contributed by atoms with Crippen LogP contribution in [0.3, 0.4) is 0 Å². The highest BCUT2D eigenvalue weighted by Crippen LogP contribution is 2.41.